The summed E-state index contributed by atoms with van der Waals surface area (Å²) in [5, 5.41) is 1.13. The van der Waals surface area contributed by atoms with Gasteiger partial charge in [-0.25, -0.2) is 9.97 Å². The number of nitrogen functional groups attached to an aromatic ring is 1. The molecule has 3 heterocycles. The largest absolute Gasteiger partial charge is 0.384 e. The van der Waals surface area contributed by atoms with Crippen molar-refractivity contribution in [1.29, 1.82) is 0 Å². The predicted molar refractivity (Wildman–Crippen MR) is 145 cm³/mol. The number of H-pyrrole nitrogens is 1. The molecule has 0 radical (unpaired) electrons. The first-order valence-electron chi connectivity index (χ1n) is 11.7. The lowest BCUT2D eigenvalue weighted by atomic mass is 9.94. The lowest BCUT2D eigenvalue weighted by Gasteiger charge is -2.10. The van der Waals surface area contributed by atoms with E-state index in [9.17, 15) is 0 Å². The molecule has 34 heavy (non-hydrogen) atoms. The highest BCUT2D eigenvalue weighted by Gasteiger charge is 2.27. The number of hydrogen-bond acceptors (Lipinski definition) is 3. The van der Waals surface area contributed by atoms with Crippen LogP contribution in [0.1, 0.15) is 43.4 Å². The van der Waals surface area contributed by atoms with Crippen LogP contribution in [0.25, 0.3) is 39.4 Å². The zero-order chi connectivity index (χ0) is 24.1. The van der Waals surface area contributed by atoms with Crippen molar-refractivity contribution in [1.82, 2.24) is 15.0 Å². The number of fused-ring (bicyclic) bond motifs is 4. The molecule has 4 heteroatoms. The molecule has 5 aromatic rings. The Balaban J connectivity index is 0.000000178. The molecule has 0 bridgehead atoms. The van der Waals surface area contributed by atoms with Gasteiger partial charge in [0.1, 0.15) is 11.5 Å². The fourth-order valence-corrected chi connectivity index (χ4v) is 4.47. The summed E-state index contributed by atoms with van der Waals surface area (Å²) >= 11 is 0. The van der Waals surface area contributed by atoms with E-state index in [1.54, 1.807) is 6.20 Å². The van der Waals surface area contributed by atoms with Gasteiger partial charge in [-0.05, 0) is 57.6 Å². The second-order valence-corrected chi connectivity index (χ2v) is 7.89. The van der Waals surface area contributed by atoms with Gasteiger partial charge in [-0.2, -0.15) is 0 Å². The van der Waals surface area contributed by atoms with Crippen molar-refractivity contribution >= 4 is 22.9 Å². The van der Waals surface area contributed by atoms with Crippen molar-refractivity contribution in [2.75, 3.05) is 5.73 Å². The summed E-state index contributed by atoms with van der Waals surface area (Å²) in [6.45, 7) is 9.99. The van der Waals surface area contributed by atoms with Crippen LogP contribution in [-0.4, -0.2) is 15.0 Å². The maximum atomic E-state index is 5.71. The number of rotatable bonds is 2. The van der Waals surface area contributed by atoms with Gasteiger partial charge in [-0.1, -0.05) is 75.9 Å². The molecule has 0 saturated heterocycles. The summed E-state index contributed by atoms with van der Waals surface area (Å²) in [5.74, 6) is 0.998. The molecule has 1 atom stereocenters. The predicted octanol–water partition coefficient (Wildman–Crippen LogP) is 7.70. The number of hydrogen-bond donors (Lipinski definition) is 2. The molecule has 3 aromatic heterocycles. The van der Waals surface area contributed by atoms with Crippen molar-refractivity contribution < 1.29 is 0 Å². The Morgan fingerprint density at radius 3 is 2.41 bits per heavy atom. The van der Waals surface area contributed by atoms with Crippen LogP contribution >= 0.6 is 0 Å². The monoisotopic (exact) mass is 446 g/mol. The first kappa shape index (κ1) is 23.0. The van der Waals surface area contributed by atoms with Gasteiger partial charge >= 0.3 is 0 Å². The normalized spacial score (nSPS) is 13.1. The fourth-order valence-electron chi connectivity index (χ4n) is 4.47. The van der Waals surface area contributed by atoms with E-state index in [4.69, 9.17) is 5.73 Å². The van der Waals surface area contributed by atoms with E-state index in [1.807, 2.05) is 56.6 Å². The van der Waals surface area contributed by atoms with E-state index in [0.29, 0.717) is 11.7 Å². The molecular weight excluding hydrogens is 416 g/mol. The molecule has 0 spiro atoms. The summed E-state index contributed by atoms with van der Waals surface area (Å²) < 4.78 is 0. The molecule has 0 saturated carbocycles. The van der Waals surface area contributed by atoms with Gasteiger partial charge in [0.05, 0.1) is 0 Å². The summed E-state index contributed by atoms with van der Waals surface area (Å²) in [5.41, 5.74) is 15.6. The highest BCUT2D eigenvalue weighted by atomic mass is 14.8. The SMILES string of the molecule is C=Cc1ccnc2[nH]ccc12.CC.CC1c2ccccc2-c2c(-c3ccc(N)nc3)cccc21. The third-order valence-corrected chi connectivity index (χ3v) is 6.07. The van der Waals surface area contributed by atoms with Gasteiger partial charge in [-0.3, -0.25) is 0 Å². The molecule has 1 unspecified atom stereocenters. The summed E-state index contributed by atoms with van der Waals surface area (Å²) in [7, 11) is 0. The molecule has 6 rings (SSSR count). The van der Waals surface area contributed by atoms with Crippen LogP contribution in [0.2, 0.25) is 0 Å². The highest BCUT2D eigenvalue weighted by molar-refractivity contribution is 5.91. The summed E-state index contributed by atoms with van der Waals surface area (Å²) in [6, 6.07) is 23.0. The average Bonchev–Trinajstić information content (AvgIpc) is 3.49. The van der Waals surface area contributed by atoms with E-state index < -0.39 is 0 Å². The Bertz CT molecular complexity index is 1410. The first-order chi connectivity index (χ1) is 16.7. The van der Waals surface area contributed by atoms with Crippen molar-refractivity contribution in [2.45, 2.75) is 26.7 Å². The fraction of sp³-hybridized carbons (Fsp3) is 0.133. The number of pyridine rings is 2. The van der Waals surface area contributed by atoms with Crippen LogP contribution in [0, 0.1) is 0 Å². The van der Waals surface area contributed by atoms with Crippen molar-refractivity contribution in [3.63, 3.8) is 0 Å². The van der Waals surface area contributed by atoms with Gasteiger partial charge in [0.25, 0.3) is 0 Å². The smallest absolute Gasteiger partial charge is 0.137 e. The van der Waals surface area contributed by atoms with Gasteiger partial charge in [-0.15, -0.1) is 0 Å². The molecule has 4 nitrogen and oxygen atoms in total. The minimum atomic E-state index is 0.442. The van der Waals surface area contributed by atoms with E-state index in [2.05, 4.69) is 70.9 Å². The molecule has 2 aromatic carbocycles. The zero-order valence-electron chi connectivity index (χ0n) is 19.9. The molecule has 0 amide bonds. The molecule has 3 N–H and O–H groups in total. The third kappa shape index (κ3) is 4.23. The van der Waals surface area contributed by atoms with Crippen LogP contribution in [0.15, 0.2) is 91.9 Å². The van der Waals surface area contributed by atoms with E-state index in [-0.39, 0.29) is 0 Å². The number of nitrogens with two attached hydrogens (primary N) is 1. The highest BCUT2D eigenvalue weighted by Crippen LogP contribution is 2.48. The van der Waals surface area contributed by atoms with Crippen molar-refractivity contribution in [3.8, 4) is 22.3 Å². The zero-order valence-corrected chi connectivity index (χ0v) is 19.9. The second-order valence-electron chi connectivity index (χ2n) is 7.89. The number of nitrogens with one attached hydrogen (secondary N) is 1. The van der Waals surface area contributed by atoms with Gasteiger partial charge in [0, 0.05) is 35.5 Å². The Morgan fingerprint density at radius 2 is 1.65 bits per heavy atom. The number of anilines is 1. The number of aromatic amines is 1. The maximum Gasteiger partial charge on any atom is 0.137 e. The molecule has 170 valence electrons. The summed E-state index contributed by atoms with van der Waals surface area (Å²) in [4.78, 5) is 11.4. The maximum absolute atomic E-state index is 5.71. The van der Waals surface area contributed by atoms with Crippen LogP contribution in [0.4, 0.5) is 5.82 Å². The van der Waals surface area contributed by atoms with Crippen LogP contribution in [0.3, 0.4) is 0 Å². The Morgan fingerprint density at radius 1 is 0.882 bits per heavy atom. The van der Waals surface area contributed by atoms with E-state index >= 15 is 0 Å². The molecule has 0 fully saturated rings. The van der Waals surface area contributed by atoms with E-state index in [0.717, 1.165) is 22.2 Å². The van der Waals surface area contributed by atoms with Gasteiger partial charge in [0.2, 0.25) is 0 Å². The van der Waals surface area contributed by atoms with Crippen molar-refractivity contribution in [2.24, 2.45) is 0 Å². The first-order valence-corrected chi connectivity index (χ1v) is 11.7. The standard InChI is InChI=1S/C19H16N2.C9H8N2.C2H6/c1-12-14-5-2-3-6-17(14)19-15(12)7-4-8-16(19)13-9-10-18(20)21-11-13;1-2-7-3-5-10-9-8(7)4-6-11-9;1-2/h2-12H,1H3,(H2,20,21);2-6H,1H2,(H,10,11);1-2H3. The third-order valence-electron chi connectivity index (χ3n) is 6.07. The minimum absolute atomic E-state index is 0.442. The molecular formula is C30H30N4. The lowest BCUT2D eigenvalue weighted by Crippen LogP contribution is -1.91. The van der Waals surface area contributed by atoms with Crippen LogP contribution in [-0.2, 0) is 0 Å². The number of nitrogens with zero attached hydrogens (tertiary/aromatic N) is 2. The Labute approximate surface area is 201 Å². The lowest BCUT2D eigenvalue weighted by molar-refractivity contribution is 0.957. The van der Waals surface area contributed by atoms with Crippen molar-refractivity contribution in [3.05, 3.63) is 109 Å². The van der Waals surface area contributed by atoms with E-state index in [1.165, 1.54) is 27.8 Å². The Hall–Kier alpha value is -4.18. The van der Waals surface area contributed by atoms with Crippen LogP contribution in [0.5, 0.6) is 0 Å². The second kappa shape index (κ2) is 10.2. The quantitative estimate of drug-likeness (QED) is 0.292. The van der Waals surface area contributed by atoms with Gasteiger partial charge in [0.15, 0.2) is 0 Å². The Kier molecular flexibility index (Phi) is 6.88. The topological polar surface area (TPSA) is 67.6 Å². The minimum Gasteiger partial charge on any atom is -0.384 e. The molecule has 1 aliphatic rings. The van der Waals surface area contributed by atoms with Gasteiger partial charge < -0.3 is 10.7 Å². The number of benzene rings is 2. The van der Waals surface area contributed by atoms with Crippen LogP contribution < -0.4 is 5.73 Å². The molecule has 1 aliphatic carbocycles. The summed E-state index contributed by atoms with van der Waals surface area (Å²) in [6.07, 6.45) is 7.34. The molecule has 0 aliphatic heterocycles. The average molecular weight is 447 g/mol. The number of aromatic nitrogens is 3.